The van der Waals surface area contributed by atoms with E-state index in [2.05, 4.69) is 15.4 Å². The Kier molecular flexibility index (Phi) is 4.31. The predicted molar refractivity (Wildman–Crippen MR) is 70.5 cm³/mol. The van der Waals surface area contributed by atoms with Crippen LogP contribution in [0.25, 0.3) is 0 Å². The van der Waals surface area contributed by atoms with Gasteiger partial charge in [-0.15, -0.1) is 0 Å². The fraction of sp³-hybridized carbons (Fsp3) is 0.286. The van der Waals surface area contributed by atoms with Gasteiger partial charge in [-0.05, 0) is 25.1 Å². The molecule has 1 heterocycles. The number of ether oxygens (including phenoxy) is 1. The molecule has 0 radical (unpaired) electrons. The van der Waals surface area contributed by atoms with Crippen molar-refractivity contribution >= 4 is 12.0 Å². The van der Waals surface area contributed by atoms with Crippen LogP contribution in [0, 0.1) is 5.82 Å². The van der Waals surface area contributed by atoms with Crippen molar-refractivity contribution in [2.75, 3.05) is 7.11 Å². The van der Waals surface area contributed by atoms with Crippen molar-refractivity contribution in [2.45, 2.75) is 19.1 Å². The Morgan fingerprint density at radius 2 is 1.96 bits per heavy atom. The van der Waals surface area contributed by atoms with Gasteiger partial charge in [0, 0.05) is 11.3 Å². The molecule has 2 N–H and O–H groups in total. The van der Waals surface area contributed by atoms with Gasteiger partial charge >= 0.3 is 18.2 Å². The molecule has 0 saturated heterocycles. The molecule has 124 valence electrons. The molecule has 0 saturated carbocycles. The number of halogens is 4. The number of amides is 2. The maximum atomic E-state index is 14.0. The summed E-state index contributed by atoms with van der Waals surface area (Å²) in [6, 6.07) is -0.385. The normalized spacial score (nSPS) is 18.3. The Bertz CT molecular complexity index is 698. The summed E-state index contributed by atoms with van der Waals surface area (Å²) in [5.74, 6) is -1.88. The second-order valence-corrected chi connectivity index (χ2v) is 4.80. The molecule has 0 spiro atoms. The highest BCUT2D eigenvalue weighted by atomic mass is 19.4. The quantitative estimate of drug-likeness (QED) is 0.646. The number of carbonyl (C=O) groups excluding carboxylic acids is 2. The van der Waals surface area contributed by atoms with Crippen molar-refractivity contribution in [2.24, 2.45) is 0 Å². The van der Waals surface area contributed by atoms with Crippen molar-refractivity contribution in [3.63, 3.8) is 0 Å². The van der Waals surface area contributed by atoms with E-state index in [4.69, 9.17) is 0 Å². The van der Waals surface area contributed by atoms with Crippen molar-refractivity contribution < 1.29 is 31.9 Å². The predicted octanol–water partition coefficient (Wildman–Crippen LogP) is 2.65. The zero-order chi connectivity index (χ0) is 17.4. The topological polar surface area (TPSA) is 67.4 Å². The third-order valence-corrected chi connectivity index (χ3v) is 3.31. The first-order valence-corrected chi connectivity index (χ1v) is 6.38. The molecule has 9 heteroatoms. The van der Waals surface area contributed by atoms with Crippen molar-refractivity contribution in [3.05, 3.63) is 46.4 Å². The van der Waals surface area contributed by atoms with Crippen LogP contribution in [0.5, 0.6) is 0 Å². The molecule has 0 unspecified atom stereocenters. The number of rotatable bonds is 2. The summed E-state index contributed by atoms with van der Waals surface area (Å²) in [6.07, 6.45) is -4.69. The van der Waals surface area contributed by atoms with Gasteiger partial charge < -0.3 is 15.4 Å². The molecule has 0 aliphatic carbocycles. The lowest BCUT2D eigenvalue weighted by Gasteiger charge is -2.28. The molecule has 1 aliphatic heterocycles. The average Bonchev–Trinajstić information content (AvgIpc) is 2.45. The number of benzene rings is 1. The lowest BCUT2D eigenvalue weighted by molar-refractivity contribution is -0.137. The Hall–Kier alpha value is -2.58. The number of urea groups is 1. The molecule has 1 aliphatic rings. The van der Waals surface area contributed by atoms with Crippen LogP contribution in [0.4, 0.5) is 22.4 Å². The second-order valence-electron chi connectivity index (χ2n) is 4.80. The largest absolute Gasteiger partial charge is 0.466 e. The highest BCUT2D eigenvalue weighted by Crippen LogP contribution is 2.35. The molecule has 1 aromatic rings. The van der Waals surface area contributed by atoms with Crippen LogP contribution in [0.15, 0.2) is 29.5 Å². The van der Waals surface area contributed by atoms with Crippen LogP contribution in [0.3, 0.4) is 0 Å². The third-order valence-electron chi connectivity index (χ3n) is 3.31. The minimum atomic E-state index is -4.69. The van der Waals surface area contributed by atoms with Crippen LogP contribution in [0.1, 0.15) is 24.1 Å². The Balaban J connectivity index is 2.60. The standard InChI is InChI=1S/C14H12F4N2O3/c1-6-10(12(21)23-2)11(20-13(22)19-6)8-5-7(14(16,17)18)3-4-9(8)15/h3-5,11H,1-2H3,(H2,19,20,22)/t11-/m1/s1. The van der Waals surface area contributed by atoms with Gasteiger partial charge in [0.15, 0.2) is 0 Å². The summed E-state index contributed by atoms with van der Waals surface area (Å²) >= 11 is 0. The second kappa shape index (κ2) is 5.90. The van der Waals surface area contributed by atoms with Gasteiger partial charge in [0.1, 0.15) is 5.82 Å². The smallest absolute Gasteiger partial charge is 0.416 e. The number of hydrogen-bond donors (Lipinski definition) is 2. The van der Waals surface area contributed by atoms with Gasteiger partial charge in [-0.1, -0.05) is 0 Å². The zero-order valence-corrected chi connectivity index (χ0v) is 12.0. The van der Waals surface area contributed by atoms with E-state index < -0.39 is 41.2 Å². The van der Waals surface area contributed by atoms with Crippen molar-refractivity contribution in [1.82, 2.24) is 10.6 Å². The van der Waals surface area contributed by atoms with E-state index in [0.717, 1.165) is 7.11 Å². The number of alkyl halides is 3. The fourth-order valence-electron chi connectivity index (χ4n) is 2.25. The molecule has 23 heavy (non-hydrogen) atoms. The average molecular weight is 332 g/mol. The van der Waals surface area contributed by atoms with E-state index in [9.17, 15) is 27.2 Å². The SMILES string of the molecule is COC(=O)C1=C(C)NC(=O)N[C@@H]1c1cc(C(F)(F)F)ccc1F. The molecule has 1 aromatic carbocycles. The monoisotopic (exact) mass is 332 g/mol. The summed E-state index contributed by atoms with van der Waals surface area (Å²) in [6.45, 7) is 1.36. The first-order chi connectivity index (χ1) is 10.6. The van der Waals surface area contributed by atoms with E-state index in [-0.39, 0.29) is 11.3 Å². The number of hydrogen-bond acceptors (Lipinski definition) is 3. The summed E-state index contributed by atoms with van der Waals surface area (Å²) < 4.78 is 57.0. The van der Waals surface area contributed by atoms with Crippen LogP contribution in [-0.2, 0) is 15.7 Å². The van der Waals surface area contributed by atoms with Gasteiger partial charge in [-0.25, -0.2) is 14.0 Å². The summed E-state index contributed by atoms with van der Waals surface area (Å²) in [5.41, 5.74) is -1.68. The number of esters is 1. The van der Waals surface area contributed by atoms with E-state index in [1.54, 1.807) is 0 Å². The third kappa shape index (κ3) is 3.27. The maximum Gasteiger partial charge on any atom is 0.416 e. The van der Waals surface area contributed by atoms with Crippen LogP contribution in [-0.4, -0.2) is 19.1 Å². The number of allylic oxidation sites excluding steroid dienone is 1. The molecule has 5 nitrogen and oxygen atoms in total. The number of methoxy groups -OCH3 is 1. The molecule has 2 rings (SSSR count). The van der Waals surface area contributed by atoms with Gasteiger partial charge in [0.2, 0.25) is 0 Å². The zero-order valence-electron chi connectivity index (χ0n) is 12.0. The summed E-state index contributed by atoms with van der Waals surface area (Å²) in [4.78, 5) is 23.4. The van der Waals surface area contributed by atoms with E-state index >= 15 is 0 Å². The van der Waals surface area contributed by atoms with Gasteiger partial charge in [0.05, 0.1) is 24.3 Å². The lowest BCUT2D eigenvalue weighted by Crippen LogP contribution is -2.45. The minimum absolute atomic E-state index is 0.0717. The van der Waals surface area contributed by atoms with Gasteiger partial charge in [0.25, 0.3) is 0 Å². The van der Waals surface area contributed by atoms with Crippen molar-refractivity contribution in [1.29, 1.82) is 0 Å². The molecule has 0 aromatic heterocycles. The summed E-state index contributed by atoms with van der Waals surface area (Å²) in [5, 5.41) is 4.52. The van der Waals surface area contributed by atoms with Gasteiger partial charge in [-0.3, -0.25) is 0 Å². The molecular formula is C14H12F4N2O3. The van der Waals surface area contributed by atoms with Crippen molar-refractivity contribution in [3.8, 4) is 0 Å². The first-order valence-electron chi connectivity index (χ1n) is 6.38. The molecular weight excluding hydrogens is 320 g/mol. The molecule has 0 bridgehead atoms. The molecule has 2 amide bonds. The van der Waals surface area contributed by atoms with E-state index in [1.165, 1.54) is 6.92 Å². The fourth-order valence-corrected chi connectivity index (χ4v) is 2.25. The first kappa shape index (κ1) is 16.8. The Morgan fingerprint density at radius 1 is 1.30 bits per heavy atom. The van der Waals surface area contributed by atoms with Crippen LogP contribution in [0.2, 0.25) is 0 Å². The van der Waals surface area contributed by atoms with Crippen LogP contribution >= 0.6 is 0 Å². The lowest BCUT2D eigenvalue weighted by atomic mass is 9.93. The number of carbonyl (C=O) groups is 2. The van der Waals surface area contributed by atoms with E-state index in [0.29, 0.717) is 18.2 Å². The highest BCUT2D eigenvalue weighted by molar-refractivity contribution is 5.94. The summed E-state index contributed by atoms with van der Waals surface area (Å²) in [7, 11) is 1.07. The Morgan fingerprint density at radius 3 is 2.52 bits per heavy atom. The highest BCUT2D eigenvalue weighted by Gasteiger charge is 2.36. The minimum Gasteiger partial charge on any atom is -0.466 e. The van der Waals surface area contributed by atoms with E-state index in [1.807, 2.05) is 0 Å². The maximum absolute atomic E-state index is 14.0. The van der Waals surface area contributed by atoms with Gasteiger partial charge in [-0.2, -0.15) is 13.2 Å². The number of nitrogens with one attached hydrogen (secondary N) is 2. The Labute approximate surface area is 128 Å². The molecule has 1 atom stereocenters. The molecule has 0 fully saturated rings. The van der Waals surface area contributed by atoms with Crippen LogP contribution < -0.4 is 10.6 Å².